The van der Waals surface area contributed by atoms with Gasteiger partial charge in [-0.1, -0.05) is 24.2 Å². The van der Waals surface area contributed by atoms with Gasteiger partial charge in [0.05, 0.1) is 17.4 Å². The van der Waals surface area contributed by atoms with E-state index in [1.807, 2.05) is 52.8 Å². The van der Waals surface area contributed by atoms with Crippen LogP contribution in [0.15, 0.2) is 53.4 Å². The van der Waals surface area contributed by atoms with Gasteiger partial charge in [-0.05, 0) is 24.3 Å². The number of fused-ring (bicyclic) bond motifs is 1. The normalized spacial score (nSPS) is 14.4. The molecule has 0 aliphatic carbocycles. The molecule has 0 atom stereocenters. The van der Waals surface area contributed by atoms with Gasteiger partial charge >= 0.3 is 0 Å². The third-order valence-corrected chi connectivity index (χ3v) is 5.57. The van der Waals surface area contributed by atoms with E-state index in [0.717, 1.165) is 35.5 Å². The van der Waals surface area contributed by atoms with Gasteiger partial charge in [-0.25, -0.2) is 9.97 Å². The second-order valence-electron chi connectivity index (χ2n) is 7.50. The number of piperazine rings is 1. The number of para-hydroxylation sites is 2. The molecule has 0 spiro atoms. The van der Waals surface area contributed by atoms with Crippen molar-refractivity contribution in [3.05, 3.63) is 54.8 Å². The summed E-state index contributed by atoms with van der Waals surface area (Å²) < 4.78 is 7.08. The van der Waals surface area contributed by atoms with Crippen LogP contribution in [-0.2, 0) is 17.8 Å². The van der Waals surface area contributed by atoms with E-state index in [4.69, 9.17) is 4.52 Å². The molecule has 4 heterocycles. The fourth-order valence-corrected chi connectivity index (χ4v) is 3.79. The fourth-order valence-electron chi connectivity index (χ4n) is 3.79. The molecular formula is C22H23N7O2. The molecule has 5 rings (SSSR count). The van der Waals surface area contributed by atoms with Gasteiger partial charge in [-0.3, -0.25) is 4.79 Å². The number of hydrogen-bond donors (Lipinski definition) is 0. The monoisotopic (exact) mass is 417 g/mol. The molecular weight excluding hydrogens is 394 g/mol. The molecule has 1 aromatic carbocycles. The molecule has 0 radical (unpaired) electrons. The topological polar surface area (TPSA) is 93.2 Å². The van der Waals surface area contributed by atoms with Crippen molar-refractivity contribution in [3.63, 3.8) is 0 Å². The molecule has 9 nitrogen and oxygen atoms in total. The predicted molar refractivity (Wildman–Crippen MR) is 115 cm³/mol. The number of aryl methyl sites for hydroxylation is 1. The summed E-state index contributed by atoms with van der Waals surface area (Å²) in [5.41, 5.74) is 2.71. The Bertz CT molecular complexity index is 1190. The lowest BCUT2D eigenvalue weighted by Gasteiger charge is -2.35. The fraction of sp³-hybridized carbons (Fsp3) is 0.318. The van der Waals surface area contributed by atoms with Gasteiger partial charge in [0.1, 0.15) is 12.4 Å². The predicted octanol–water partition coefficient (Wildman–Crippen LogP) is 2.39. The summed E-state index contributed by atoms with van der Waals surface area (Å²) in [7, 11) is 0. The summed E-state index contributed by atoms with van der Waals surface area (Å²) in [6, 6.07) is 11.8. The first-order valence-corrected chi connectivity index (χ1v) is 10.4. The lowest BCUT2D eigenvalue weighted by molar-refractivity contribution is -0.132. The largest absolute Gasteiger partial charge is 0.353 e. The zero-order valence-electron chi connectivity index (χ0n) is 17.3. The summed E-state index contributed by atoms with van der Waals surface area (Å²) in [5.74, 6) is 2.16. The molecule has 1 saturated heterocycles. The Morgan fingerprint density at radius 1 is 1.06 bits per heavy atom. The van der Waals surface area contributed by atoms with Crippen molar-refractivity contribution >= 4 is 22.8 Å². The van der Waals surface area contributed by atoms with Gasteiger partial charge in [-0.2, -0.15) is 4.98 Å². The number of hydrogen-bond acceptors (Lipinski definition) is 7. The Balaban J connectivity index is 1.19. The number of nitrogens with zero attached hydrogens (tertiary/aromatic N) is 7. The summed E-state index contributed by atoms with van der Waals surface area (Å²) in [6.07, 6.45) is 4.21. The molecule has 4 aromatic rings. The number of imidazole rings is 1. The summed E-state index contributed by atoms with van der Waals surface area (Å²) in [5, 5.41) is 3.99. The Labute approximate surface area is 179 Å². The minimum atomic E-state index is 0.106. The smallest absolute Gasteiger partial charge is 0.242 e. The summed E-state index contributed by atoms with van der Waals surface area (Å²) in [6.45, 7) is 5.09. The van der Waals surface area contributed by atoms with E-state index in [9.17, 15) is 4.79 Å². The van der Waals surface area contributed by atoms with E-state index < -0.39 is 0 Å². The maximum absolute atomic E-state index is 12.8. The molecule has 31 heavy (non-hydrogen) atoms. The third-order valence-electron chi connectivity index (χ3n) is 5.57. The standard InChI is InChI=1S/C22H23N7O2/c1-2-20-25-22(26-31-20)16-7-8-19(23-13-16)27-9-11-28(12-10-27)21(30)14-29-15-24-17-5-3-4-6-18(17)29/h3-8,13,15H,2,9-12,14H2,1H3. The van der Waals surface area contributed by atoms with Crippen LogP contribution in [0, 0.1) is 0 Å². The first-order chi connectivity index (χ1) is 15.2. The van der Waals surface area contributed by atoms with E-state index in [1.165, 1.54) is 0 Å². The van der Waals surface area contributed by atoms with Gasteiger partial charge in [0.2, 0.25) is 17.6 Å². The molecule has 1 amide bonds. The maximum atomic E-state index is 12.8. The lowest BCUT2D eigenvalue weighted by Crippen LogP contribution is -2.49. The molecule has 0 saturated carbocycles. The first kappa shape index (κ1) is 19.2. The number of carbonyl (C=O) groups excluding carboxylic acids is 1. The van der Waals surface area contributed by atoms with E-state index in [-0.39, 0.29) is 5.91 Å². The van der Waals surface area contributed by atoms with Crippen LogP contribution >= 0.6 is 0 Å². The summed E-state index contributed by atoms with van der Waals surface area (Å²) in [4.78, 5) is 30.2. The van der Waals surface area contributed by atoms with Gasteiger partial charge in [0, 0.05) is 44.4 Å². The van der Waals surface area contributed by atoms with Crippen molar-refractivity contribution in [2.75, 3.05) is 31.1 Å². The number of aromatic nitrogens is 5. The maximum Gasteiger partial charge on any atom is 0.242 e. The second-order valence-corrected chi connectivity index (χ2v) is 7.50. The zero-order valence-corrected chi connectivity index (χ0v) is 17.3. The van der Waals surface area contributed by atoms with Crippen molar-refractivity contribution in [2.24, 2.45) is 0 Å². The number of rotatable bonds is 5. The zero-order chi connectivity index (χ0) is 21.2. The molecule has 9 heteroatoms. The van der Waals surface area contributed by atoms with Crippen LogP contribution in [0.2, 0.25) is 0 Å². The van der Waals surface area contributed by atoms with Gasteiger partial charge in [0.15, 0.2) is 0 Å². The van der Waals surface area contributed by atoms with Crippen LogP contribution in [-0.4, -0.2) is 61.7 Å². The van der Waals surface area contributed by atoms with Crippen LogP contribution in [0.25, 0.3) is 22.4 Å². The van der Waals surface area contributed by atoms with Crippen molar-refractivity contribution < 1.29 is 9.32 Å². The highest BCUT2D eigenvalue weighted by molar-refractivity contribution is 5.80. The first-order valence-electron chi connectivity index (χ1n) is 10.4. The molecule has 1 aliphatic rings. The highest BCUT2D eigenvalue weighted by Crippen LogP contribution is 2.20. The van der Waals surface area contributed by atoms with E-state index in [0.29, 0.717) is 37.8 Å². The van der Waals surface area contributed by atoms with Crippen molar-refractivity contribution in [3.8, 4) is 11.4 Å². The number of carbonyl (C=O) groups is 1. The third kappa shape index (κ3) is 3.86. The number of pyridine rings is 1. The van der Waals surface area contributed by atoms with Crippen molar-refractivity contribution in [1.82, 2.24) is 29.6 Å². The lowest BCUT2D eigenvalue weighted by atomic mass is 10.2. The molecule has 1 aliphatic heterocycles. The molecule has 0 N–H and O–H groups in total. The molecule has 0 unspecified atom stereocenters. The number of benzene rings is 1. The second kappa shape index (κ2) is 8.17. The van der Waals surface area contributed by atoms with Crippen molar-refractivity contribution in [1.29, 1.82) is 0 Å². The highest BCUT2D eigenvalue weighted by atomic mass is 16.5. The average Bonchev–Trinajstić information content (AvgIpc) is 3.47. The van der Waals surface area contributed by atoms with Crippen molar-refractivity contribution in [2.45, 2.75) is 19.9 Å². The Hall–Kier alpha value is -3.75. The Morgan fingerprint density at radius 3 is 2.65 bits per heavy atom. The van der Waals surface area contributed by atoms with Gasteiger partial charge in [0.25, 0.3) is 0 Å². The minimum Gasteiger partial charge on any atom is -0.353 e. The van der Waals surface area contributed by atoms with Gasteiger partial charge in [-0.15, -0.1) is 0 Å². The van der Waals surface area contributed by atoms with Crippen LogP contribution in [0.4, 0.5) is 5.82 Å². The Morgan fingerprint density at radius 2 is 1.90 bits per heavy atom. The molecule has 0 bridgehead atoms. The minimum absolute atomic E-state index is 0.106. The van der Waals surface area contributed by atoms with Crippen LogP contribution in [0.1, 0.15) is 12.8 Å². The molecule has 158 valence electrons. The van der Waals surface area contributed by atoms with E-state index >= 15 is 0 Å². The van der Waals surface area contributed by atoms with E-state index in [2.05, 4.69) is 25.0 Å². The Kier molecular flexibility index (Phi) is 5.07. The summed E-state index contributed by atoms with van der Waals surface area (Å²) >= 11 is 0. The van der Waals surface area contributed by atoms with Crippen LogP contribution in [0.5, 0.6) is 0 Å². The van der Waals surface area contributed by atoms with Crippen LogP contribution in [0.3, 0.4) is 0 Å². The average molecular weight is 417 g/mol. The number of anilines is 1. The highest BCUT2D eigenvalue weighted by Gasteiger charge is 2.22. The molecule has 3 aromatic heterocycles. The number of amides is 1. The van der Waals surface area contributed by atoms with Crippen LogP contribution < -0.4 is 4.90 Å². The molecule has 1 fully saturated rings. The van der Waals surface area contributed by atoms with E-state index in [1.54, 1.807) is 12.5 Å². The van der Waals surface area contributed by atoms with Gasteiger partial charge < -0.3 is 18.9 Å². The SMILES string of the molecule is CCc1nc(-c2ccc(N3CCN(C(=O)Cn4cnc5ccccc54)CC3)nc2)no1. The quantitative estimate of drug-likeness (QED) is 0.492.